The molecular formula is C13H13BrN2O2. The Balaban J connectivity index is 2.15. The van der Waals surface area contributed by atoms with Crippen LogP contribution in [0.2, 0.25) is 0 Å². The third-order valence-electron chi connectivity index (χ3n) is 3.24. The van der Waals surface area contributed by atoms with Crippen LogP contribution in [0.5, 0.6) is 0 Å². The van der Waals surface area contributed by atoms with Gasteiger partial charge in [0, 0.05) is 16.5 Å². The Morgan fingerprint density at radius 2 is 2.33 bits per heavy atom. The second-order valence-corrected chi connectivity index (χ2v) is 5.35. The molecule has 0 amide bonds. The van der Waals surface area contributed by atoms with Crippen molar-refractivity contribution in [1.29, 1.82) is 0 Å². The Bertz CT molecular complexity index is 588. The molecule has 5 heteroatoms. The van der Waals surface area contributed by atoms with Crippen molar-refractivity contribution in [3.63, 3.8) is 0 Å². The highest BCUT2D eigenvalue weighted by Crippen LogP contribution is 2.29. The van der Waals surface area contributed by atoms with Gasteiger partial charge in [-0.2, -0.15) is 5.10 Å². The lowest BCUT2D eigenvalue weighted by atomic mass is 10.2. The minimum Gasteiger partial charge on any atom is -0.356 e. The summed E-state index contributed by atoms with van der Waals surface area (Å²) < 4.78 is 8.55. The first-order valence-corrected chi connectivity index (χ1v) is 6.83. The zero-order valence-electron chi connectivity index (χ0n) is 9.80. The summed E-state index contributed by atoms with van der Waals surface area (Å²) in [5.41, 5.74) is 1.42. The zero-order chi connectivity index (χ0) is 12.5. The number of rotatable bonds is 2. The lowest BCUT2D eigenvalue weighted by Crippen LogP contribution is -2.19. The van der Waals surface area contributed by atoms with E-state index in [1.165, 1.54) is 0 Å². The Morgan fingerprint density at radius 1 is 1.44 bits per heavy atom. The van der Waals surface area contributed by atoms with Gasteiger partial charge in [-0.1, -0.05) is 15.9 Å². The summed E-state index contributed by atoms with van der Waals surface area (Å²) in [5.74, 6) is 0. The molecule has 18 heavy (non-hydrogen) atoms. The number of carbonyl (C=O) groups excluding carboxylic acids is 1. The fraction of sp³-hybridized carbons (Fsp3) is 0.385. The minimum absolute atomic E-state index is 0.0516. The minimum atomic E-state index is -0.0516. The van der Waals surface area contributed by atoms with Crippen molar-refractivity contribution in [3.05, 3.63) is 28.4 Å². The number of aldehydes is 1. The molecule has 1 atom stereocenters. The van der Waals surface area contributed by atoms with Crippen LogP contribution in [0.25, 0.3) is 10.9 Å². The maximum absolute atomic E-state index is 11.1. The Labute approximate surface area is 113 Å². The summed E-state index contributed by atoms with van der Waals surface area (Å²) in [7, 11) is 0. The fourth-order valence-corrected chi connectivity index (χ4v) is 2.71. The molecule has 1 aromatic heterocycles. The van der Waals surface area contributed by atoms with Crippen LogP contribution in [0.4, 0.5) is 0 Å². The Kier molecular flexibility index (Phi) is 3.18. The topological polar surface area (TPSA) is 44.1 Å². The summed E-state index contributed by atoms with van der Waals surface area (Å²) in [6.07, 6.45) is 3.93. The van der Waals surface area contributed by atoms with E-state index in [-0.39, 0.29) is 6.23 Å². The van der Waals surface area contributed by atoms with Crippen LogP contribution in [-0.2, 0) is 4.74 Å². The molecule has 1 unspecified atom stereocenters. The summed E-state index contributed by atoms with van der Waals surface area (Å²) in [4.78, 5) is 11.1. The molecule has 1 aromatic carbocycles. The van der Waals surface area contributed by atoms with Gasteiger partial charge in [-0.15, -0.1) is 0 Å². The summed E-state index contributed by atoms with van der Waals surface area (Å²) in [6.45, 7) is 0.760. The second-order valence-electron chi connectivity index (χ2n) is 4.43. The maximum Gasteiger partial charge on any atom is 0.170 e. The molecular weight excluding hydrogens is 296 g/mol. The third-order valence-corrected chi connectivity index (χ3v) is 3.73. The van der Waals surface area contributed by atoms with Crippen LogP contribution < -0.4 is 0 Å². The zero-order valence-corrected chi connectivity index (χ0v) is 11.4. The molecule has 2 aromatic rings. The van der Waals surface area contributed by atoms with Gasteiger partial charge in [-0.05, 0) is 37.5 Å². The van der Waals surface area contributed by atoms with E-state index in [1.54, 1.807) is 0 Å². The smallest absolute Gasteiger partial charge is 0.170 e. The predicted molar refractivity (Wildman–Crippen MR) is 71.7 cm³/mol. The van der Waals surface area contributed by atoms with Gasteiger partial charge < -0.3 is 4.74 Å². The molecule has 0 radical (unpaired) electrons. The van der Waals surface area contributed by atoms with Crippen molar-refractivity contribution in [3.8, 4) is 0 Å². The van der Waals surface area contributed by atoms with E-state index in [9.17, 15) is 4.79 Å². The van der Waals surface area contributed by atoms with Gasteiger partial charge in [0.1, 0.15) is 5.69 Å². The van der Waals surface area contributed by atoms with E-state index >= 15 is 0 Å². The summed E-state index contributed by atoms with van der Waals surface area (Å²) >= 11 is 3.45. The van der Waals surface area contributed by atoms with Crippen molar-refractivity contribution in [2.45, 2.75) is 25.5 Å². The van der Waals surface area contributed by atoms with Crippen LogP contribution in [0, 0.1) is 0 Å². The summed E-state index contributed by atoms with van der Waals surface area (Å²) in [6, 6.07) is 5.81. The monoisotopic (exact) mass is 308 g/mol. The Morgan fingerprint density at radius 3 is 3.06 bits per heavy atom. The van der Waals surface area contributed by atoms with Gasteiger partial charge in [0.2, 0.25) is 0 Å². The van der Waals surface area contributed by atoms with Crippen LogP contribution >= 0.6 is 15.9 Å². The molecule has 0 spiro atoms. The van der Waals surface area contributed by atoms with Crippen molar-refractivity contribution < 1.29 is 9.53 Å². The predicted octanol–water partition coefficient (Wildman–Crippen LogP) is 3.31. The molecule has 1 aliphatic rings. The van der Waals surface area contributed by atoms with Crippen LogP contribution in [-0.4, -0.2) is 22.7 Å². The number of carbonyl (C=O) groups is 1. The first-order chi connectivity index (χ1) is 8.79. The molecule has 94 valence electrons. The SMILES string of the molecule is O=Cc1nn(C2CCCCO2)c2cc(Br)ccc12. The van der Waals surface area contributed by atoms with Crippen LogP contribution in [0.15, 0.2) is 22.7 Å². The third kappa shape index (κ3) is 1.97. The molecule has 0 aliphatic carbocycles. The first-order valence-electron chi connectivity index (χ1n) is 6.04. The summed E-state index contributed by atoms with van der Waals surface area (Å²) in [5, 5.41) is 5.25. The fourth-order valence-electron chi connectivity index (χ4n) is 2.36. The van der Waals surface area contributed by atoms with Gasteiger partial charge in [0.15, 0.2) is 12.5 Å². The van der Waals surface area contributed by atoms with Gasteiger partial charge in [0.25, 0.3) is 0 Å². The molecule has 4 nitrogen and oxygen atoms in total. The number of ether oxygens (including phenoxy) is 1. The van der Waals surface area contributed by atoms with Gasteiger partial charge in [-0.3, -0.25) is 4.79 Å². The maximum atomic E-state index is 11.1. The quantitative estimate of drug-likeness (QED) is 0.799. The van der Waals surface area contributed by atoms with Gasteiger partial charge >= 0.3 is 0 Å². The molecule has 1 saturated heterocycles. The molecule has 2 heterocycles. The number of hydrogen-bond acceptors (Lipinski definition) is 3. The average Bonchev–Trinajstić information content (AvgIpc) is 2.77. The van der Waals surface area contributed by atoms with E-state index in [4.69, 9.17) is 4.74 Å². The lowest BCUT2D eigenvalue weighted by molar-refractivity contribution is -0.0367. The van der Waals surface area contributed by atoms with E-state index in [0.717, 1.165) is 47.5 Å². The average molecular weight is 309 g/mol. The molecule has 1 fully saturated rings. The molecule has 0 saturated carbocycles. The number of nitrogens with zero attached hydrogens (tertiary/aromatic N) is 2. The highest BCUT2D eigenvalue weighted by Gasteiger charge is 2.20. The molecule has 1 aliphatic heterocycles. The number of fused-ring (bicyclic) bond motifs is 1. The first kappa shape index (κ1) is 11.9. The lowest BCUT2D eigenvalue weighted by Gasteiger charge is -2.23. The van der Waals surface area contributed by atoms with Crippen molar-refractivity contribution >= 4 is 33.1 Å². The van der Waals surface area contributed by atoms with Crippen LogP contribution in [0.1, 0.15) is 36.0 Å². The van der Waals surface area contributed by atoms with Crippen molar-refractivity contribution in [1.82, 2.24) is 9.78 Å². The van der Waals surface area contributed by atoms with Gasteiger partial charge in [0.05, 0.1) is 5.52 Å². The number of halogens is 1. The second kappa shape index (κ2) is 4.82. The van der Waals surface area contributed by atoms with E-state index < -0.39 is 0 Å². The Hall–Kier alpha value is -1.20. The molecule has 0 bridgehead atoms. The van der Waals surface area contributed by atoms with E-state index in [1.807, 2.05) is 22.9 Å². The van der Waals surface area contributed by atoms with Crippen LogP contribution in [0.3, 0.4) is 0 Å². The van der Waals surface area contributed by atoms with E-state index in [0.29, 0.717) is 5.69 Å². The number of hydrogen-bond donors (Lipinski definition) is 0. The highest BCUT2D eigenvalue weighted by molar-refractivity contribution is 9.10. The number of benzene rings is 1. The molecule has 0 N–H and O–H groups in total. The molecule has 3 rings (SSSR count). The number of aromatic nitrogens is 2. The van der Waals surface area contributed by atoms with Gasteiger partial charge in [-0.25, -0.2) is 4.68 Å². The largest absolute Gasteiger partial charge is 0.356 e. The normalized spacial score (nSPS) is 20.2. The van der Waals surface area contributed by atoms with Crippen molar-refractivity contribution in [2.24, 2.45) is 0 Å². The van der Waals surface area contributed by atoms with Crippen molar-refractivity contribution in [2.75, 3.05) is 6.61 Å². The van der Waals surface area contributed by atoms with E-state index in [2.05, 4.69) is 21.0 Å². The highest BCUT2D eigenvalue weighted by atomic mass is 79.9. The standard InChI is InChI=1S/C13H13BrN2O2/c14-9-4-5-10-11(8-17)15-16(12(10)7-9)13-3-1-2-6-18-13/h4-5,7-8,13H,1-3,6H2.